The van der Waals surface area contributed by atoms with E-state index in [-0.39, 0.29) is 0 Å². The minimum Gasteiger partial charge on any atom is -0.465 e. The average molecular weight is 139 g/mol. The van der Waals surface area contributed by atoms with E-state index in [1.807, 2.05) is 0 Å². The Hall–Kier alpha value is -0.780. The summed E-state index contributed by atoms with van der Waals surface area (Å²) in [6.07, 6.45) is -1.33. The molecule has 0 bridgehead atoms. The number of carboxylic acid groups (broad SMARTS) is 1. The molecule has 0 fully saturated rings. The van der Waals surface area contributed by atoms with Crippen LogP contribution in [0.3, 0.4) is 0 Å². The molecule has 6 heteroatoms. The summed E-state index contributed by atoms with van der Waals surface area (Å²) < 4.78 is 19.2. The van der Waals surface area contributed by atoms with Crippen molar-refractivity contribution in [2.24, 2.45) is 0 Å². The summed E-state index contributed by atoms with van der Waals surface area (Å²) >= 11 is 0. The molecule has 0 unspecified atom stereocenters. The van der Waals surface area contributed by atoms with E-state index in [1.165, 1.54) is 0 Å². The lowest BCUT2D eigenvalue weighted by molar-refractivity contribution is 0.196. The molecule has 0 aromatic heterocycles. The van der Waals surface area contributed by atoms with Crippen molar-refractivity contribution in [3.63, 3.8) is 0 Å². The number of hydrogen-bond acceptors (Lipinski definition) is 3. The molecule has 0 saturated carbocycles. The zero-order valence-corrected chi connectivity index (χ0v) is 4.72. The highest BCUT2D eigenvalue weighted by molar-refractivity contribution is 7.72. The van der Waals surface area contributed by atoms with E-state index < -0.39 is 22.7 Å². The molecule has 0 aromatic carbocycles. The van der Waals surface area contributed by atoms with Gasteiger partial charge in [-0.15, -0.1) is 0 Å². The van der Waals surface area contributed by atoms with Crippen molar-refractivity contribution in [1.82, 2.24) is 5.32 Å². The van der Waals surface area contributed by atoms with Gasteiger partial charge in [-0.2, -0.15) is 0 Å². The molecule has 8 heavy (non-hydrogen) atoms. The van der Waals surface area contributed by atoms with Crippen LogP contribution in [0.4, 0.5) is 4.79 Å². The van der Waals surface area contributed by atoms with Crippen molar-refractivity contribution in [2.75, 3.05) is 5.88 Å². The van der Waals surface area contributed by atoms with Crippen molar-refractivity contribution in [3.8, 4) is 0 Å². The van der Waals surface area contributed by atoms with Crippen LogP contribution in [0, 0.1) is 0 Å². The Morgan fingerprint density at radius 3 is 2.25 bits per heavy atom. The minimum atomic E-state index is -2.62. The monoisotopic (exact) mass is 139 g/mol. The molecule has 5 nitrogen and oxygen atoms in total. The molecule has 0 rings (SSSR count). The second kappa shape index (κ2) is 3.25. The Morgan fingerprint density at radius 1 is 1.62 bits per heavy atom. The fourth-order valence-corrected chi connectivity index (χ4v) is 0.397. The zero-order valence-electron chi connectivity index (χ0n) is 3.83. The highest BCUT2D eigenvalue weighted by Gasteiger charge is 1.90. The van der Waals surface area contributed by atoms with Crippen LogP contribution >= 0.6 is 0 Å². The second-order valence-electron chi connectivity index (χ2n) is 0.973. The van der Waals surface area contributed by atoms with Crippen molar-refractivity contribution < 1.29 is 18.3 Å². The third-order valence-electron chi connectivity index (χ3n) is 0.359. The number of rotatable bonds is 2. The molecule has 48 valence electrons. The first-order chi connectivity index (χ1) is 3.63. The van der Waals surface area contributed by atoms with Crippen LogP contribution < -0.4 is 5.32 Å². The predicted octanol–water partition coefficient (Wildman–Crippen LogP) is -1.18. The molecule has 0 aliphatic rings. The molecule has 0 spiro atoms. The Balaban J connectivity index is 3.32. The van der Waals surface area contributed by atoms with Crippen LogP contribution in [0.25, 0.3) is 0 Å². The van der Waals surface area contributed by atoms with Gasteiger partial charge in [-0.1, -0.05) is 0 Å². The number of hydrogen-bond donors (Lipinski definition) is 3. The highest BCUT2D eigenvalue weighted by atomic mass is 32.2. The maximum absolute atomic E-state index is 9.61. The van der Waals surface area contributed by atoms with Gasteiger partial charge in [0.25, 0.3) is 0 Å². The number of thiol groups is 1. The van der Waals surface area contributed by atoms with Crippen LogP contribution in [0.5, 0.6) is 0 Å². The summed E-state index contributed by atoms with van der Waals surface area (Å²) in [5, 5.41) is 9.45. The maximum atomic E-state index is 9.61. The molecular weight excluding hydrogens is 134 g/mol. The predicted molar refractivity (Wildman–Crippen MR) is 26.3 cm³/mol. The quantitative estimate of drug-likeness (QED) is 0.420. The molecule has 0 aromatic rings. The lowest BCUT2D eigenvalue weighted by Gasteiger charge is -1.87. The van der Waals surface area contributed by atoms with Gasteiger partial charge < -0.3 is 10.4 Å². The van der Waals surface area contributed by atoms with Crippen LogP contribution in [-0.2, 0) is 10.7 Å². The first-order valence-corrected chi connectivity index (χ1v) is 3.08. The van der Waals surface area contributed by atoms with E-state index in [4.69, 9.17) is 5.11 Å². The van der Waals surface area contributed by atoms with Gasteiger partial charge in [0, 0.05) is 0 Å². The molecule has 1 amide bonds. The summed E-state index contributed by atoms with van der Waals surface area (Å²) in [4.78, 5) is 9.53. The van der Waals surface area contributed by atoms with Gasteiger partial charge in [0.15, 0.2) is 10.7 Å². The lowest BCUT2D eigenvalue weighted by Crippen LogP contribution is -2.22. The fraction of sp³-hybridized carbons (Fsp3) is 0.500. The Morgan fingerprint density at radius 2 is 2.12 bits per heavy atom. The van der Waals surface area contributed by atoms with Crippen LogP contribution in [-0.4, -0.2) is 25.5 Å². The molecule has 0 aliphatic carbocycles. The highest BCUT2D eigenvalue weighted by Crippen LogP contribution is 1.59. The van der Waals surface area contributed by atoms with Crippen molar-refractivity contribution in [3.05, 3.63) is 0 Å². The van der Waals surface area contributed by atoms with E-state index in [9.17, 15) is 13.2 Å². The summed E-state index contributed by atoms with van der Waals surface area (Å²) in [5.41, 5.74) is 0. The molecule has 2 N–H and O–H groups in total. The van der Waals surface area contributed by atoms with Gasteiger partial charge in [-0.05, 0) is 0 Å². The van der Waals surface area contributed by atoms with E-state index in [2.05, 4.69) is 0 Å². The summed E-state index contributed by atoms with van der Waals surface area (Å²) in [6, 6.07) is 0. The van der Waals surface area contributed by atoms with Gasteiger partial charge in [-0.3, -0.25) is 0 Å². The molecule has 0 radical (unpaired) electrons. The third kappa shape index (κ3) is 5.22. The van der Waals surface area contributed by atoms with Gasteiger partial charge in [-0.25, -0.2) is 13.2 Å². The Bertz CT molecular complexity index is 142. The van der Waals surface area contributed by atoms with E-state index >= 15 is 0 Å². The smallest absolute Gasteiger partial charge is 0.405 e. The molecule has 0 atom stereocenters. The van der Waals surface area contributed by atoms with Crippen LogP contribution in [0.2, 0.25) is 0 Å². The van der Waals surface area contributed by atoms with Crippen LogP contribution in [0.15, 0.2) is 0 Å². The zero-order chi connectivity index (χ0) is 6.57. The van der Waals surface area contributed by atoms with Gasteiger partial charge in [0.2, 0.25) is 0 Å². The van der Waals surface area contributed by atoms with Gasteiger partial charge in [0.1, 0.15) is 5.88 Å². The fourth-order valence-electron chi connectivity index (χ4n) is 0.132. The van der Waals surface area contributed by atoms with Gasteiger partial charge >= 0.3 is 6.09 Å². The molecular formula is C2H5NO4S. The van der Waals surface area contributed by atoms with Crippen molar-refractivity contribution in [1.29, 1.82) is 0 Å². The lowest BCUT2D eigenvalue weighted by atomic mass is 11.1. The molecule has 0 saturated heterocycles. The maximum Gasteiger partial charge on any atom is 0.405 e. The largest absolute Gasteiger partial charge is 0.465 e. The average Bonchev–Trinajstić information content (AvgIpc) is 1.61. The number of amides is 1. The van der Waals surface area contributed by atoms with Gasteiger partial charge in [0.05, 0.1) is 0 Å². The Kier molecular flexibility index (Phi) is 2.93. The first kappa shape index (κ1) is 7.22. The van der Waals surface area contributed by atoms with E-state index in [0.717, 1.165) is 0 Å². The number of nitrogens with one attached hydrogen (secondary N) is 1. The summed E-state index contributed by atoms with van der Waals surface area (Å²) in [5.74, 6) is -0.509. The van der Waals surface area contributed by atoms with E-state index in [1.54, 1.807) is 5.32 Å². The second-order valence-corrected chi connectivity index (χ2v) is 1.95. The SMILES string of the molecule is O=C(O)NC[SH](=O)=O. The third-order valence-corrected chi connectivity index (χ3v) is 0.776. The topological polar surface area (TPSA) is 83.5 Å². The minimum absolute atomic E-state index is 0.509. The summed E-state index contributed by atoms with van der Waals surface area (Å²) in [6.45, 7) is 0. The van der Waals surface area contributed by atoms with E-state index in [0.29, 0.717) is 0 Å². The van der Waals surface area contributed by atoms with Crippen molar-refractivity contribution >= 4 is 16.8 Å². The Labute approximate surface area is 47.3 Å². The normalized spacial score (nSPS) is 9.12. The molecule has 0 heterocycles. The first-order valence-electron chi connectivity index (χ1n) is 1.71. The standard InChI is InChI=1S/C2H5NO4S/c4-2(5)3-1-8(6)7/h3,8H,1H2,(H,4,5). The summed E-state index contributed by atoms with van der Waals surface area (Å²) in [7, 11) is -2.62. The molecule has 0 aliphatic heterocycles. The number of carbonyl (C=O) groups is 1. The van der Waals surface area contributed by atoms with Crippen LogP contribution in [0.1, 0.15) is 0 Å². The van der Waals surface area contributed by atoms with Crippen molar-refractivity contribution in [2.45, 2.75) is 0 Å².